The Labute approximate surface area is 120 Å². The molecular formula is C13H23ClN4O. The summed E-state index contributed by atoms with van der Waals surface area (Å²) >= 11 is 0. The molecule has 0 aromatic carbocycles. The van der Waals surface area contributed by atoms with E-state index < -0.39 is 0 Å². The second-order valence-corrected chi connectivity index (χ2v) is 5.10. The van der Waals surface area contributed by atoms with Crippen molar-refractivity contribution in [1.29, 1.82) is 0 Å². The Morgan fingerprint density at radius 3 is 2.95 bits per heavy atom. The molecule has 0 aliphatic carbocycles. The minimum atomic E-state index is 0. The lowest BCUT2D eigenvalue weighted by Crippen LogP contribution is -2.45. The van der Waals surface area contributed by atoms with Crippen molar-refractivity contribution in [1.82, 2.24) is 14.7 Å². The Morgan fingerprint density at radius 1 is 1.63 bits per heavy atom. The Balaban J connectivity index is 0.00000180. The Hall–Kier alpha value is -1.07. The maximum atomic E-state index is 12.3. The van der Waals surface area contributed by atoms with E-state index in [-0.39, 0.29) is 24.4 Å². The van der Waals surface area contributed by atoms with Gasteiger partial charge in [0.15, 0.2) is 0 Å². The molecule has 108 valence electrons. The summed E-state index contributed by atoms with van der Waals surface area (Å²) in [5, 5.41) is 4.15. The van der Waals surface area contributed by atoms with Crippen LogP contribution in [0.4, 0.5) is 0 Å². The van der Waals surface area contributed by atoms with E-state index in [4.69, 9.17) is 5.73 Å². The van der Waals surface area contributed by atoms with Crippen molar-refractivity contribution in [3.05, 3.63) is 18.0 Å². The molecule has 1 aliphatic heterocycles. The molecule has 2 heterocycles. The van der Waals surface area contributed by atoms with Gasteiger partial charge in [-0.1, -0.05) is 0 Å². The largest absolute Gasteiger partial charge is 0.338 e. The van der Waals surface area contributed by atoms with Crippen LogP contribution < -0.4 is 5.73 Å². The third kappa shape index (κ3) is 3.70. The van der Waals surface area contributed by atoms with Crippen LogP contribution in [0.25, 0.3) is 0 Å². The monoisotopic (exact) mass is 286 g/mol. The Morgan fingerprint density at radius 2 is 2.37 bits per heavy atom. The van der Waals surface area contributed by atoms with Crippen molar-refractivity contribution in [2.24, 2.45) is 11.7 Å². The summed E-state index contributed by atoms with van der Waals surface area (Å²) in [7, 11) is 0. The molecule has 1 amide bonds. The number of nitrogens with two attached hydrogens (primary N) is 1. The van der Waals surface area contributed by atoms with Crippen LogP contribution in [0.1, 0.15) is 37.0 Å². The van der Waals surface area contributed by atoms with E-state index in [9.17, 15) is 4.79 Å². The zero-order valence-electron chi connectivity index (χ0n) is 11.6. The van der Waals surface area contributed by atoms with Gasteiger partial charge in [-0.3, -0.25) is 9.48 Å². The minimum absolute atomic E-state index is 0. The van der Waals surface area contributed by atoms with Crippen LogP contribution in [0.3, 0.4) is 0 Å². The van der Waals surface area contributed by atoms with Crippen molar-refractivity contribution in [3.8, 4) is 0 Å². The van der Waals surface area contributed by atoms with Crippen molar-refractivity contribution in [2.45, 2.75) is 39.3 Å². The third-order valence-electron chi connectivity index (χ3n) is 3.69. The number of aromatic nitrogens is 2. The van der Waals surface area contributed by atoms with Crippen LogP contribution in [-0.4, -0.2) is 39.7 Å². The smallest absolute Gasteiger partial charge is 0.257 e. The molecule has 19 heavy (non-hydrogen) atoms. The lowest BCUT2D eigenvalue weighted by Gasteiger charge is -2.34. The van der Waals surface area contributed by atoms with E-state index in [1.165, 1.54) is 0 Å². The molecule has 2 atom stereocenters. The van der Waals surface area contributed by atoms with Gasteiger partial charge in [0.1, 0.15) is 0 Å². The Bertz CT molecular complexity index is 419. The van der Waals surface area contributed by atoms with Crippen molar-refractivity contribution in [3.63, 3.8) is 0 Å². The normalized spacial score (nSPS) is 20.8. The van der Waals surface area contributed by atoms with Crippen molar-refractivity contribution < 1.29 is 4.79 Å². The number of nitrogens with zero attached hydrogens (tertiary/aromatic N) is 3. The minimum Gasteiger partial charge on any atom is -0.338 e. The first-order valence-electron chi connectivity index (χ1n) is 6.69. The van der Waals surface area contributed by atoms with Crippen LogP contribution in [0.2, 0.25) is 0 Å². The van der Waals surface area contributed by atoms with Crippen LogP contribution in [0.5, 0.6) is 0 Å². The van der Waals surface area contributed by atoms with E-state index in [0.29, 0.717) is 11.5 Å². The molecule has 2 rings (SSSR count). The maximum absolute atomic E-state index is 12.3. The number of carbonyl (C=O) groups excluding carboxylic acids is 1. The molecule has 1 aliphatic rings. The molecule has 1 saturated heterocycles. The van der Waals surface area contributed by atoms with Crippen LogP contribution >= 0.6 is 12.4 Å². The summed E-state index contributed by atoms with van der Waals surface area (Å²) in [6.45, 7) is 6.42. The van der Waals surface area contributed by atoms with Gasteiger partial charge in [-0.25, -0.2) is 0 Å². The summed E-state index contributed by atoms with van der Waals surface area (Å²) in [5.41, 5.74) is 6.62. The number of piperidine rings is 1. The number of amides is 1. The first-order valence-corrected chi connectivity index (χ1v) is 6.69. The van der Waals surface area contributed by atoms with Gasteiger partial charge >= 0.3 is 0 Å². The van der Waals surface area contributed by atoms with Gasteiger partial charge in [0.05, 0.1) is 11.8 Å². The molecular weight excluding hydrogens is 264 g/mol. The number of carbonyl (C=O) groups is 1. The van der Waals surface area contributed by atoms with Crippen molar-refractivity contribution >= 4 is 18.3 Å². The standard InChI is InChI=1S/C13H22N4O.ClH/c1-3-17-9-12(7-15-17)13(18)16-6-4-5-11(8-16)10(2)14;/h7,9-11H,3-6,8,14H2,1-2H3;1H. The molecule has 2 N–H and O–H groups in total. The van der Waals surface area contributed by atoms with Gasteiger partial charge in [-0.2, -0.15) is 5.10 Å². The molecule has 2 unspecified atom stereocenters. The number of halogens is 1. The predicted molar refractivity (Wildman–Crippen MR) is 77.4 cm³/mol. The highest BCUT2D eigenvalue weighted by molar-refractivity contribution is 5.93. The van der Waals surface area contributed by atoms with E-state index in [1.807, 2.05) is 24.9 Å². The topological polar surface area (TPSA) is 64.2 Å². The molecule has 0 radical (unpaired) electrons. The lowest BCUT2D eigenvalue weighted by molar-refractivity contribution is 0.0661. The van der Waals surface area contributed by atoms with Crippen LogP contribution in [0, 0.1) is 5.92 Å². The second-order valence-electron chi connectivity index (χ2n) is 5.10. The van der Waals surface area contributed by atoms with Gasteiger partial charge < -0.3 is 10.6 Å². The summed E-state index contributed by atoms with van der Waals surface area (Å²) in [6, 6.07) is 0.152. The van der Waals surface area contributed by atoms with Gasteiger partial charge in [-0.15, -0.1) is 12.4 Å². The molecule has 0 spiro atoms. The van der Waals surface area contributed by atoms with Crippen LogP contribution in [-0.2, 0) is 6.54 Å². The van der Waals surface area contributed by atoms with Gasteiger partial charge in [0, 0.05) is 31.9 Å². The quantitative estimate of drug-likeness (QED) is 0.916. The average molecular weight is 287 g/mol. The van der Waals surface area contributed by atoms with E-state index in [1.54, 1.807) is 10.9 Å². The molecule has 0 saturated carbocycles. The fourth-order valence-corrected chi connectivity index (χ4v) is 2.45. The number of aryl methyl sites for hydroxylation is 1. The fraction of sp³-hybridized carbons (Fsp3) is 0.692. The summed E-state index contributed by atoms with van der Waals surface area (Å²) in [6.07, 6.45) is 5.63. The van der Waals surface area contributed by atoms with Gasteiger partial charge in [0.2, 0.25) is 0 Å². The number of hydrogen-bond donors (Lipinski definition) is 1. The molecule has 1 fully saturated rings. The number of rotatable bonds is 3. The second kappa shape index (κ2) is 6.91. The van der Waals surface area contributed by atoms with E-state index in [2.05, 4.69) is 5.10 Å². The molecule has 1 aromatic heterocycles. The van der Waals surface area contributed by atoms with Gasteiger partial charge in [0.25, 0.3) is 5.91 Å². The van der Waals surface area contributed by atoms with Gasteiger partial charge in [-0.05, 0) is 32.6 Å². The molecule has 5 nitrogen and oxygen atoms in total. The predicted octanol–water partition coefficient (Wildman–Crippen LogP) is 1.52. The summed E-state index contributed by atoms with van der Waals surface area (Å²) in [5.74, 6) is 0.504. The third-order valence-corrected chi connectivity index (χ3v) is 3.69. The first-order chi connectivity index (χ1) is 8.61. The lowest BCUT2D eigenvalue weighted by atomic mass is 9.92. The maximum Gasteiger partial charge on any atom is 0.257 e. The first kappa shape index (κ1) is 16.0. The average Bonchev–Trinajstić information content (AvgIpc) is 2.86. The van der Waals surface area contributed by atoms with E-state index >= 15 is 0 Å². The summed E-state index contributed by atoms with van der Waals surface area (Å²) in [4.78, 5) is 14.2. The van der Waals surface area contributed by atoms with E-state index in [0.717, 1.165) is 32.5 Å². The highest BCUT2D eigenvalue weighted by Crippen LogP contribution is 2.20. The number of hydrogen-bond acceptors (Lipinski definition) is 3. The molecule has 6 heteroatoms. The zero-order chi connectivity index (χ0) is 13.1. The highest BCUT2D eigenvalue weighted by Gasteiger charge is 2.26. The number of likely N-dealkylation sites (tertiary alicyclic amines) is 1. The molecule has 1 aromatic rings. The molecule has 0 bridgehead atoms. The fourth-order valence-electron chi connectivity index (χ4n) is 2.45. The highest BCUT2D eigenvalue weighted by atomic mass is 35.5. The SMILES string of the molecule is CCn1cc(C(=O)N2CCCC(C(C)N)C2)cn1.Cl. The summed E-state index contributed by atoms with van der Waals surface area (Å²) < 4.78 is 1.78. The van der Waals surface area contributed by atoms with Crippen LogP contribution in [0.15, 0.2) is 12.4 Å². The zero-order valence-corrected chi connectivity index (χ0v) is 12.4. The van der Waals surface area contributed by atoms with Crippen molar-refractivity contribution in [2.75, 3.05) is 13.1 Å². The Kier molecular flexibility index (Phi) is 5.82.